The summed E-state index contributed by atoms with van der Waals surface area (Å²) < 4.78 is 0. The van der Waals surface area contributed by atoms with Gasteiger partial charge in [-0.1, -0.05) is 30.3 Å². The van der Waals surface area contributed by atoms with Crippen molar-refractivity contribution in [1.29, 1.82) is 0 Å². The van der Waals surface area contributed by atoms with Crippen molar-refractivity contribution >= 4 is 29.9 Å². The largest absolute Gasteiger partial charge is 0.396 e. The lowest BCUT2D eigenvalue weighted by atomic mass is 10.1. The summed E-state index contributed by atoms with van der Waals surface area (Å²) in [5, 5.41) is 16.0. The van der Waals surface area contributed by atoms with Crippen molar-refractivity contribution in [2.24, 2.45) is 10.4 Å². The topological polar surface area (TPSA) is 56.7 Å². The van der Waals surface area contributed by atoms with E-state index in [2.05, 4.69) is 46.8 Å². The molecule has 4 nitrogen and oxygen atoms in total. The van der Waals surface area contributed by atoms with Crippen LogP contribution >= 0.6 is 24.0 Å². The Balaban J connectivity index is 0.00000242. The predicted molar refractivity (Wildman–Crippen MR) is 103 cm³/mol. The van der Waals surface area contributed by atoms with Crippen molar-refractivity contribution in [1.82, 2.24) is 10.6 Å². The number of halogens is 1. The Morgan fingerprint density at radius 2 is 1.95 bits per heavy atom. The molecular formula is C17H28IN3O. The predicted octanol–water partition coefficient (Wildman–Crippen LogP) is 2.56. The van der Waals surface area contributed by atoms with Gasteiger partial charge in [0.15, 0.2) is 5.96 Å². The van der Waals surface area contributed by atoms with Crippen molar-refractivity contribution in [3.05, 3.63) is 35.9 Å². The highest BCUT2D eigenvalue weighted by Crippen LogP contribution is 2.45. The molecule has 2 rings (SSSR count). The average molecular weight is 417 g/mol. The summed E-state index contributed by atoms with van der Waals surface area (Å²) in [6.45, 7) is 4.81. The third-order valence-electron chi connectivity index (χ3n) is 3.99. The van der Waals surface area contributed by atoms with Crippen LogP contribution in [0.2, 0.25) is 0 Å². The molecule has 0 spiro atoms. The minimum atomic E-state index is 0. The number of aliphatic hydroxyl groups excluding tert-OH is 1. The first-order valence-electron chi connectivity index (χ1n) is 7.95. The van der Waals surface area contributed by atoms with E-state index in [1.807, 2.05) is 6.07 Å². The highest BCUT2D eigenvalue weighted by atomic mass is 127. The molecular weight excluding hydrogens is 389 g/mol. The van der Waals surface area contributed by atoms with Gasteiger partial charge in [-0.15, -0.1) is 24.0 Å². The molecule has 0 bridgehead atoms. The van der Waals surface area contributed by atoms with E-state index in [0.717, 1.165) is 51.3 Å². The van der Waals surface area contributed by atoms with Crippen LogP contribution in [0.15, 0.2) is 35.3 Å². The molecule has 1 saturated carbocycles. The van der Waals surface area contributed by atoms with E-state index in [9.17, 15) is 5.11 Å². The Bertz CT molecular complexity index is 446. The lowest BCUT2D eigenvalue weighted by Gasteiger charge is -2.13. The summed E-state index contributed by atoms with van der Waals surface area (Å²) in [6, 6.07) is 10.5. The van der Waals surface area contributed by atoms with E-state index in [1.165, 1.54) is 5.56 Å². The van der Waals surface area contributed by atoms with Gasteiger partial charge in [0.05, 0.1) is 13.2 Å². The van der Waals surface area contributed by atoms with E-state index in [4.69, 9.17) is 0 Å². The third-order valence-corrected chi connectivity index (χ3v) is 3.99. The zero-order chi connectivity index (χ0) is 15.0. The van der Waals surface area contributed by atoms with Crippen LogP contribution in [0.3, 0.4) is 0 Å². The molecule has 0 unspecified atom stereocenters. The Hall–Kier alpha value is -0.820. The van der Waals surface area contributed by atoms with Gasteiger partial charge < -0.3 is 15.7 Å². The average Bonchev–Trinajstić information content (AvgIpc) is 3.31. The lowest BCUT2D eigenvalue weighted by Crippen LogP contribution is -2.38. The summed E-state index contributed by atoms with van der Waals surface area (Å²) in [7, 11) is 0. The molecule has 0 heterocycles. The van der Waals surface area contributed by atoms with Crippen LogP contribution in [0.5, 0.6) is 0 Å². The highest BCUT2D eigenvalue weighted by Gasteiger charge is 2.41. The molecule has 0 amide bonds. The minimum absolute atomic E-state index is 0. The van der Waals surface area contributed by atoms with Gasteiger partial charge in [-0.25, -0.2) is 0 Å². The molecule has 3 N–H and O–H groups in total. The molecule has 1 aromatic rings. The number of rotatable bonds is 8. The first-order valence-corrected chi connectivity index (χ1v) is 7.95. The minimum Gasteiger partial charge on any atom is -0.396 e. The van der Waals surface area contributed by atoms with Crippen molar-refractivity contribution in [3.8, 4) is 0 Å². The van der Waals surface area contributed by atoms with Crippen LogP contribution in [0.1, 0.15) is 31.7 Å². The maximum atomic E-state index is 9.33. The smallest absolute Gasteiger partial charge is 0.191 e. The second-order valence-electron chi connectivity index (χ2n) is 5.87. The number of hydrogen-bond donors (Lipinski definition) is 3. The summed E-state index contributed by atoms with van der Waals surface area (Å²) in [5.74, 6) is 0.866. The summed E-state index contributed by atoms with van der Waals surface area (Å²) in [6.07, 6.45) is 4.36. The molecule has 0 atom stereocenters. The van der Waals surface area contributed by atoms with E-state index >= 15 is 0 Å². The van der Waals surface area contributed by atoms with Gasteiger partial charge in [-0.05, 0) is 38.2 Å². The number of aliphatic hydroxyl groups is 1. The van der Waals surface area contributed by atoms with Gasteiger partial charge in [0.2, 0.25) is 0 Å². The van der Waals surface area contributed by atoms with Crippen LogP contribution in [0.25, 0.3) is 0 Å². The number of nitrogens with one attached hydrogen (secondary N) is 2. The van der Waals surface area contributed by atoms with Crippen LogP contribution in [-0.2, 0) is 6.42 Å². The quantitative estimate of drug-likeness (QED) is 0.264. The molecule has 22 heavy (non-hydrogen) atoms. The maximum absolute atomic E-state index is 9.33. The van der Waals surface area contributed by atoms with Gasteiger partial charge in [0.25, 0.3) is 0 Å². The fraction of sp³-hybridized carbons (Fsp3) is 0.588. The zero-order valence-corrected chi connectivity index (χ0v) is 15.7. The van der Waals surface area contributed by atoms with Gasteiger partial charge >= 0.3 is 0 Å². The Labute approximate surface area is 150 Å². The molecule has 0 aliphatic heterocycles. The van der Waals surface area contributed by atoms with Crippen molar-refractivity contribution in [3.63, 3.8) is 0 Å². The lowest BCUT2D eigenvalue weighted by molar-refractivity contribution is 0.217. The third kappa shape index (κ3) is 6.52. The van der Waals surface area contributed by atoms with Crippen molar-refractivity contribution in [2.45, 2.75) is 32.6 Å². The summed E-state index contributed by atoms with van der Waals surface area (Å²) in [5.41, 5.74) is 1.45. The number of aliphatic imine (C=N–C) groups is 1. The second-order valence-corrected chi connectivity index (χ2v) is 5.87. The van der Waals surface area contributed by atoms with E-state index in [-0.39, 0.29) is 36.0 Å². The molecule has 1 aromatic carbocycles. The van der Waals surface area contributed by atoms with Gasteiger partial charge in [0.1, 0.15) is 0 Å². The van der Waals surface area contributed by atoms with Crippen molar-refractivity contribution < 1.29 is 5.11 Å². The van der Waals surface area contributed by atoms with Gasteiger partial charge in [0, 0.05) is 18.5 Å². The number of guanidine groups is 1. The molecule has 0 aromatic heterocycles. The van der Waals surface area contributed by atoms with Crippen LogP contribution in [0.4, 0.5) is 0 Å². The highest BCUT2D eigenvalue weighted by molar-refractivity contribution is 14.0. The van der Waals surface area contributed by atoms with E-state index in [1.54, 1.807) is 0 Å². The van der Waals surface area contributed by atoms with E-state index in [0.29, 0.717) is 0 Å². The van der Waals surface area contributed by atoms with Crippen LogP contribution < -0.4 is 10.6 Å². The fourth-order valence-corrected chi connectivity index (χ4v) is 2.28. The summed E-state index contributed by atoms with van der Waals surface area (Å²) >= 11 is 0. The second kappa shape index (κ2) is 10.0. The molecule has 124 valence electrons. The SMILES string of the molecule is CCNC(=NCC1(CO)CC1)NCCCc1ccccc1.I. The molecule has 1 aliphatic carbocycles. The zero-order valence-electron chi connectivity index (χ0n) is 13.3. The fourth-order valence-electron chi connectivity index (χ4n) is 2.28. The number of hydrogen-bond acceptors (Lipinski definition) is 2. The number of aryl methyl sites for hydroxylation is 1. The Kier molecular flexibility index (Phi) is 8.78. The van der Waals surface area contributed by atoms with Gasteiger partial charge in [-0.2, -0.15) is 0 Å². The molecule has 5 heteroatoms. The monoisotopic (exact) mass is 417 g/mol. The van der Waals surface area contributed by atoms with Crippen LogP contribution in [0, 0.1) is 5.41 Å². The molecule has 0 saturated heterocycles. The first kappa shape index (κ1) is 19.2. The Morgan fingerprint density at radius 1 is 1.23 bits per heavy atom. The van der Waals surface area contributed by atoms with Crippen molar-refractivity contribution in [2.75, 3.05) is 26.2 Å². The number of nitrogens with zero attached hydrogens (tertiary/aromatic N) is 1. The maximum Gasteiger partial charge on any atom is 0.191 e. The molecule has 1 aliphatic rings. The molecule has 0 radical (unpaired) electrons. The molecule has 1 fully saturated rings. The van der Waals surface area contributed by atoms with Gasteiger partial charge in [-0.3, -0.25) is 4.99 Å². The standard InChI is InChI=1S/C17H27N3O.HI/c1-2-18-16(20-13-17(14-21)10-11-17)19-12-6-9-15-7-4-3-5-8-15;/h3-5,7-8,21H,2,6,9-14H2,1H3,(H2,18,19,20);1H. The summed E-state index contributed by atoms with van der Waals surface area (Å²) in [4.78, 5) is 4.60. The Morgan fingerprint density at radius 3 is 2.55 bits per heavy atom. The van der Waals surface area contributed by atoms with Crippen LogP contribution in [-0.4, -0.2) is 37.3 Å². The first-order chi connectivity index (χ1) is 10.3. The van der Waals surface area contributed by atoms with E-state index < -0.39 is 0 Å². The normalized spacial score (nSPS) is 15.8. The number of benzene rings is 1.